The van der Waals surface area contributed by atoms with Gasteiger partial charge in [-0.1, -0.05) is 42.5 Å². The van der Waals surface area contributed by atoms with Gasteiger partial charge in [0.05, 0.1) is 0 Å². The molecule has 1 amide bonds. The molecule has 0 aliphatic heterocycles. The minimum atomic E-state index is -0.563. The molecule has 0 spiro atoms. The van der Waals surface area contributed by atoms with Gasteiger partial charge in [-0.05, 0) is 63.3 Å². The zero-order valence-electron chi connectivity index (χ0n) is 16.4. The fraction of sp³-hybridized carbons (Fsp3) is 0.391. The lowest BCUT2D eigenvalue weighted by Gasteiger charge is -2.19. The van der Waals surface area contributed by atoms with E-state index in [1.165, 1.54) is 5.56 Å². The quantitative estimate of drug-likeness (QED) is 0.687. The highest BCUT2D eigenvalue weighted by atomic mass is 16.5. The lowest BCUT2D eigenvalue weighted by molar-refractivity contribution is -0.128. The number of carbonyl (C=O) groups is 2. The van der Waals surface area contributed by atoms with Crippen LogP contribution in [-0.2, 0) is 22.4 Å². The fourth-order valence-electron chi connectivity index (χ4n) is 2.77. The number of benzene rings is 2. The van der Waals surface area contributed by atoms with Gasteiger partial charge in [0.15, 0.2) is 6.10 Å². The van der Waals surface area contributed by atoms with Crippen LogP contribution in [0.15, 0.2) is 54.6 Å². The van der Waals surface area contributed by atoms with Crippen LogP contribution in [0.5, 0.6) is 5.75 Å². The van der Waals surface area contributed by atoms with Crippen molar-refractivity contribution in [3.63, 3.8) is 0 Å². The molecular weight excluding hydrogens is 338 g/mol. The molecule has 4 nitrogen and oxygen atoms in total. The molecule has 0 fully saturated rings. The second-order valence-corrected chi connectivity index (χ2v) is 7.04. The van der Waals surface area contributed by atoms with Gasteiger partial charge in [-0.15, -0.1) is 0 Å². The summed E-state index contributed by atoms with van der Waals surface area (Å²) >= 11 is 0. The first kappa shape index (κ1) is 20.7. The molecule has 2 aromatic carbocycles. The van der Waals surface area contributed by atoms with Gasteiger partial charge in [-0.25, -0.2) is 0 Å². The van der Waals surface area contributed by atoms with E-state index in [4.69, 9.17) is 4.74 Å². The highest BCUT2D eigenvalue weighted by Gasteiger charge is 2.17. The Kier molecular flexibility index (Phi) is 8.05. The van der Waals surface area contributed by atoms with Crippen LogP contribution in [0.4, 0.5) is 0 Å². The van der Waals surface area contributed by atoms with E-state index in [2.05, 4.69) is 17.4 Å². The molecule has 4 heteroatoms. The van der Waals surface area contributed by atoms with E-state index < -0.39 is 6.10 Å². The third-order valence-electron chi connectivity index (χ3n) is 4.47. The molecule has 0 aromatic heterocycles. The molecule has 1 N–H and O–H groups in total. The van der Waals surface area contributed by atoms with Gasteiger partial charge in [0.1, 0.15) is 11.5 Å². The molecule has 0 aliphatic carbocycles. The van der Waals surface area contributed by atoms with Crippen molar-refractivity contribution < 1.29 is 14.3 Å². The van der Waals surface area contributed by atoms with E-state index in [0.29, 0.717) is 12.2 Å². The summed E-state index contributed by atoms with van der Waals surface area (Å²) in [4.78, 5) is 23.4. The standard InChI is InChI=1S/C23H29NO3/c1-17(9-11-20-7-5-4-6-8-20)24-23(26)19(3)27-22-15-13-21(14-16-22)12-10-18(2)25/h4-8,13-17,19H,9-12H2,1-3H3,(H,24,26). The van der Waals surface area contributed by atoms with Crippen molar-refractivity contribution in [1.82, 2.24) is 5.32 Å². The van der Waals surface area contributed by atoms with E-state index in [9.17, 15) is 9.59 Å². The highest BCUT2D eigenvalue weighted by Crippen LogP contribution is 2.15. The zero-order chi connectivity index (χ0) is 19.6. The third-order valence-corrected chi connectivity index (χ3v) is 4.47. The Morgan fingerprint density at radius 2 is 1.56 bits per heavy atom. The van der Waals surface area contributed by atoms with Crippen molar-refractivity contribution in [2.24, 2.45) is 0 Å². The van der Waals surface area contributed by atoms with Crippen LogP contribution in [0, 0.1) is 0 Å². The maximum Gasteiger partial charge on any atom is 0.260 e. The van der Waals surface area contributed by atoms with Gasteiger partial charge in [-0.3, -0.25) is 4.79 Å². The van der Waals surface area contributed by atoms with Gasteiger partial charge >= 0.3 is 0 Å². The highest BCUT2D eigenvalue weighted by molar-refractivity contribution is 5.81. The largest absolute Gasteiger partial charge is 0.481 e. The average molecular weight is 367 g/mol. The number of amides is 1. The average Bonchev–Trinajstić information content (AvgIpc) is 2.66. The summed E-state index contributed by atoms with van der Waals surface area (Å²) in [5.41, 5.74) is 2.36. The third kappa shape index (κ3) is 7.65. The summed E-state index contributed by atoms with van der Waals surface area (Å²) in [7, 11) is 0. The SMILES string of the molecule is CC(=O)CCc1ccc(OC(C)C(=O)NC(C)CCc2ccccc2)cc1. The Balaban J connectivity index is 1.76. The summed E-state index contributed by atoms with van der Waals surface area (Å²) < 4.78 is 5.74. The topological polar surface area (TPSA) is 55.4 Å². The summed E-state index contributed by atoms with van der Waals surface area (Å²) in [5, 5.41) is 3.01. The predicted octanol–water partition coefficient (Wildman–Crippen LogP) is 4.11. The monoisotopic (exact) mass is 367 g/mol. The van der Waals surface area contributed by atoms with Crippen LogP contribution in [-0.4, -0.2) is 23.8 Å². The number of ether oxygens (including phenoxy) is 1. The first-order valence-corrected chi connectivity index (χ1v) is 9.53. The number of aryl methyl sites for hydroxylation is 2. The van der Waals surface area contributed by atoms with E-state index >= 15 is 0 Å². The van der Waals surface area contributed by atoms with Crippen LogP contribution >= 0.6 is 0 Å². The molecule has 0 radical (unpaired) electrons. The molecule has 2 aromatic rings. The van der Waals surface area contributed by atoms with E-state index in [0.717, 1.165) is 24.8 Å². The molecule has 0 bridgehead atoms. The van der Waals surface area contributed by atoms with E-state index in [-0.39, 0.29) is 17.7 Å². The van der Waals surface area contributed by atoms with Crippen molar-refractivity contribution >= 4 is 11.7 Å². The molecule has 0 saturated heterocycles. The second kappa shape index (κ2) is 10.5. The molecule has 144 valence electrons. The normalized spacial score (nSPS) is 12.9. The lowest BCUT2D eigenvalue weighted by atomic mass is 10.1. The number of nitrogens with one attached hydrogen (secondary N) is 1. The summed E-state index contributed by atoms with van der Waals surface area (Å²) in [6, 6.07) is 17.9. The van der Waals surface area contributed by atoms with Crippen LogP contribution in [0.25, 0.3) is 0 Å². The molecule has 0 aliphatic rings. The molecule has 0 saturated carbocycles. The Hall–Kier alpha value is -2.62. The minimum absolute atomic E-state index is 0.0812. The molecular formula is C23H29NO3. The van der Waals surface area contributed by atoms with E-state index in [1.807, 2.05) is 49.4 Å². The summed E-state index contributed by atoms with van der Waals surface area (Å²) in [6.45, 7) is 5.36. The lowest BCUT2D eigenvalue weighted by Crippen LogP contribution is -2.41. The second-order valence-electron chi connectivity index (χ2n) is 7.04. The van der Waals surface area contributed by atoms with Crippen LogP contribution in [0.1, 0.15) is 44.7 Å². The number of rotatable bonds is 10. The number of Topliss-reactive ketones (excluding diaryl/α,β-unsaturated/α-hetero) is 1. The maximum absolute atomic E-state index is 12.3. The summed E-state index contributed by atoms with van der Waals surface area (Å²) in [5.74, 6) is 0.722. The van der Waals surface area contributed by atoms with Gasteiger partial charge in [0.2, 0.25) is 0 Å². The Morgan fingerprint density at radius 1 is 0.926 bits per heavy atom. The molecule has 2 unspecified atom stereocenters. The van der Waals surface area contributed by atoms with Crippen molar-refractivity contribution in [2.75, 3.05) is 0 Å². The number of ketones is 1. The van der Waals surface area contributed by atoms with E-state index in [1.54, 1.807) is 13.8 Å². The Labute approximate surface area is 161 Å². The van der Waals surface area contributed by atoms with Crippen LogP contribution in [0.2, 0.25) is 0 Å². The van der Waals surface area contributed by atoms with Gasteiger partial charge in [0.25, 0.3) is 5.91 Å². The maximum atomic E-state index is 12.3. The molecule has 2 atom stereocenters. The van der Waals surface area contributed by atoms with Gasteiger partial charge in [0, 0.05) is 12.5 Å². The smallest absolute Gasteiger partial charge is 0.260 e. The number of hydrogen-bond donors (Lipinski definition) is 1. The van der Waals surface area contributed by atoms with Crippen LogP contribution in [0.3, 0.4) is 0 Å². The summed E-state index contributed by atoms with van der Waals surface area (Å²) in [6.07, 6.45) is 2.52. The van der Waals surface area contributed by atoms with Gasteiger partial charge < -0.3 is 14.8 Å². The van der Waals surface area contributed by atoms with Crippen molar-refractivity contribution in [3.05, 3.63) is 65.7 Å². The number of carbonyl (C=O) groups excluding carboxylic acids is 2. The molecule has 27 heavy (non-hydrogen) atoms. The predicted molar refractivity (Wildman–Crippen MR) is 108 cm³/mol. The molecule has 0 heterocycles. The van der Waals surface area contributed by atoms with Crippen molar-refractivity contribution in [2.45, 2.75) is 58.6 Å². The minimum Gasteiger partial charge on any atom is -0.481 e. The zero-order valence-corrected chi connectivity index (χ0v) is 16.4. The Morgan fingerprint density at radius 3 is 2.19 bits per heavy atom. The van der Waals surface area contributed by atoms with Crippen LogP contribution < -0.4 is 10.1 Å². The van der Waals surface area contributed by atoms with Crippen molar-refractivity contribution in [1.29, 1.82) is 0 Å². The number of hydrogen-bond acceptors (Lipinski definition) is 3. The molecule has 2 rings (SSSR count). The van der Waals surface area contributed by atoms with Crippen molar-refractivity contribution in [3.8, 4) is 5.75 Å². The first-order chi connectivity index (χ1) is 12.9. The fourth-order valence-corrected chi connectivity index (χ4v) is 2.77. The first-order valence-electron chi connectivity index (χ1n) is 9.53. The Bertz CT molecular complexity index is 725. The van der Waals surface area contributed by atoms with Gasteiger partial charge in [-0.2, -0.15) is 0 Å².